The molecule has 0 saturated heterocycles. The van der Waals surface area contributed by atoms with Gasteiger partial charge in [-0.2, -0.15) is 11.8 Å². The molecule has 1 atom stereocenters. The van der Waals surface area contributed by atoms with Crippen LogP contribution in [0.25, 0.3) is 0 Å². The van der Waals surface area contributed by atoms with Gasteiger partial charge in [-0.25, -0.2) is 0 Å². The molecule has 1 rings (SSSR count). The van der Waals surface area contributed by atoms with E-state index in [0.29, 0.717) is 30.1 Å². The zero-order valence-corrected chi connectivity index (χ0v) is 15.4. The average Bonchev–Trinajstić information content (AvgIpc) is 2.51. The van der Waals surface area contributed by atoms with Crippen molar-refractivity contribution in [2.45, 2.75) is 12.5 Å². The van der Waals surface area contributed by atoms with E-state index >= 15 is 0 Å². The Morgan fingerprint density at radius 1 is 1.26 bits per heavy atom. The first-order chi connectivity index (χ1) is 11.0. The predicted octanol–water partition coefficient (Wildman–Crippen LogP) is 2.18. The highest BCUT2D eigenvalue weighted by atomic mass is 35.5. The van der Waals surface area contributed by atoms with E-state index in [1.165, 1.54) is 6.07 Å². The normalized spacial score (nSPS) is 11.8. The zero-order valence-electron chi connectivity index (χ0n) is 13.1. The van der Waals surface area contributed by atoms with E-state index in [9.17, 15) is 9.59 Å². The maximum absolute atomic E-state index is 12.3. The van der Waals surface area contributed by atoms with Crippen LogP contribution in [0.1, 0.15) is 16.8 Å². The van der Waals surface area contributed by atoms with E-state index in [1.54, 1.807) is 23.9 Å². The molecule has 0 aliphatic rings. The Kier molecular flexibility index (Phi) is 9.40. The molecule has 23 heavy (non-hydrogen) atoms. The quantitative estimate of drug-likeness (QED) is 0.576. The van der Waals surface area contributed by atoms with Crippen molar-refractivity contribution in [3.63, 3.8) is 0 Å². The lowest BCUT2D eigenvalue weighted by Gasteiger charge is -2.18. The van der Waals surface area contributed by atoms with Crippen LogP contribution in [-0.4, -0.2) is 50.0 Å². The molecule has 2 amide bonds. The van der Waals surface area contributed by atoms with Crippen LogP contribution in [0.15, 0.2) is 18.2 Å². The van der Waals surface area contributed by atoms with E-state index < -0.39 is 6.04 Å². The highest BCUT2D eigenvalue weighted by Crippen LogP contribution is 2.21. The Morgan fingerprint density at radius 2 is 2.00 bits per heavy atom. The average molecular weight is 378 g/mol. The minimum absolute atomic E-state index is 0.201. The maximum atomic E-state index is 12.3. The molecule has 0 radical (unpaired) electrons. The summed E-state index contributed by atoms with van der Waals surface area (Å²) in [6.45, 7) is 1.17. The minimum atomic E-state index is -0.599. The summed E-state index contributed by atoms with van der Waals surface area (Å²) in [5, 5.41) is 9.20. The Labute approximate surface area is 150 Å². The van der Waals surface area contributed by atoms with Crippen LogP contribution in [0.3, 0.4) is 0 Å². The lowest BCUT2D eigenvalue weighted by molar-refractivity contribution is -0.122. The summed E-state index contributed by atoms with van der Waals surface area (Å²) in [5.41, 5.74) is 0.299. The first-order valence-corrected chi connectivity index (χ1v) is 9.31. The van der Waals surface area contributed by atoms with Crippen molar-refractivity contribution in [2.75, 3.05) is 32.1 Å². The van der Waals surface area contributed by atoms with Crippen LogP contribution in [0.2, 0.25) is 10.0 Å². The molecular formula is C15H21Cl2N3O2S. The number of nitrogens with one attached hydrogen (secondary N) is 3. The third-order valence-electron chi connectivity index (χ3n) is 3.08. The van der Waals surface area contributed by atoms with Crippen molar-refractivity contribution in [2.24, 2.45) is 0 Å². The number of likely N-dealkylation sites (N-methyl/N-ethyl adjacent to an activating group) is 1. The topological polar surface area (TPSA) is 70.2 Å². The number of thioether (sulfide) groups is 1. The second-order valence-electron chi connectivity index (χ2n) is 4.83. The summed E-state index contributed by atoms with van der Waals surface area (Å²) in [5.74, 6) is 0.174. The number of hydrogen-bond donors (Lipinski definition) is 3. The summed E-state index contributed by atoms with van der Waals surface area (Å²) in [7, 11) is 1.81. The van der Waals surface area contributed by atoms with E-state index in [4.69, 9.17) is 23.2 Å². The molecule has 1 unspecified atom stereocenters. The summed E-state index contributed by atoms with van der Waals surface area (Å²) >= 11 is 13.5. The van der Waals surface area contributed by atoms with Gasteiger partial charge in [-0.1, -0.05) is 23.2 Å². The van der Waals surface area contributed by atoms with Crippen molar-refractivity contribution in [1.29, 1.82) is 0 Å². The smallest absolute Gasteiger partial charge is 0.253 e. The Balaban J connectivity index is 2.74. The molecule has 3 N–H and O–H groups in total. The van der Waals surface area contributed by atoms with E-state index in [1.807, 2.05) is 13.3 Å². The fraction of sp³-hybridized carbons (Fsp3) is 0.467. The van der Waals surface area contributed by atoms with Crippen molar-refractivity contribution in [3.8, 4) is 0 Å². The van der Waals surface area contributed by atoms with Crippen LogP contribution in [0.4, 0.5) is 0 Å². The number of hydrogen-bond acceptors (Lipinski definition) is 4. The van der Waals surface area contributed by atoms with Gasteiger partial charge in [0, 0.05) is 18.1 Å². The predicted molar refractivity (Wildman–Crippen MR) is 97.7 cm³/mol. The van der Waals surface area contributed by atoms with Gasteiger partial charge in [0.1, 0.15) is 6.04 Å². The number of rotatable bonds is 9. The second kappa shape index (κ2) is 10.8. The summed E-state index contributed by atoms with van der Waals surface area (Å²) < 4.78 is 0. The highest BCUT2D eigenvalue weighted by Gasteiger charge is 2.21. The molecule has 0 bridgehead atoms. The standard InChI is InChI=1S/C15H21Cl2N3O2S/c1-18-6-7-19-15(22)13(5-8-23-2)20-14(21)11-4-3-10(16)9-12(11)17/h3-4,9,13,18H,5-8H2,1-2H3,(H,19,22)(H,20,21). The van der Waals surface area contributed by atoms with Crippen molar-refractivity contribution in [1.82, 2.24) is 16.0 Å². The molecule has 0 aliphatic heterocycles. The van der Waals surface area contributed by atoms with Gasteiger partial charge in [-0.3, -0.25) is 9.59 Å². The van der Waals surface area contributed by atoms with Crippen molar-refractivity contribution >= 4 is 46.8 Å². The van der Waals surface area contributed by atoms with Crippen LogP contribution < -0.4 is 16.0 Å². The number of amides is 2. The molecule has 8 heteroatoms. The SMILES string of the molecule is CNCCNC(=O)C(CCSC)NC(=O)c1ccc(Cl)cc1Cl. The first-order valence-electron chi connectivity index (χ1n) is 7.16. The summed E-state index contributed by atoms with van der Waals surface area (Å²) in [4.78, 5) is 24.6. The minimum Gasteiger partial charge on any atom is -0.353 e. The van der Waals surface area contributed by atoms with Crippen LogP contribution >= 0.6 is 35.0 Å². The van der Waals surface area contributed by atoms with Gasteiger partial charge in [0.05, 0.1) is 10.6 Å². The fourth-order valence-electron chi connectivity index (χ4n) is 1.85. The molecule has 0 heterocycles. The number of benzene rings is 1. The largest absolute Gasteiger partial charge is 0.353 e. The number of halogens is 2. The summed E-state index contributed by atoms with van der Waals surface area (Å²) in [6, 6.07) is 4.04. The Bertz CT molecular complexity index is 543. The van der Waals surface area contributed by atoms with E-state index in [2.05, 4.69) is 16.0 Å². The maximum Gasteiger partial charge on any atom is 0.253 e. The molecule has 128 valence electrons. The molecule has 1 aromatic carbocycles. The van der Waals surface area contributed by atoms with E-state index in [0.717, 1.165) is 5.75 Å². The monoisotopic (exact) mass is 377 g/mol. The van der Waals surface area contributed by atoms with Gasteiger partial charge in [0.2, 0.25) is 5.91 Å². The molecule has 5 nitrogen and oxygen atoms in total. The van der Waals surface area contributed by atoms with Gasteiger partial charge < -0.3 is 16.0 Å². The van der Waals surface area contributed by atoms with Gasteiger partial charge in [-0.05, 0) is 43.7 Å². The van der Waals surface area contributed by atoms with Crippen LogP contribution in [0.5, 0.6) is 0 Å². The molecular weight excluding hydrogens is 357 g/mol. The Hall–Kier alpha value is -0.950. The number of carbonyl (C=O) groups is 2. The first kappa shape index (κ1) is 20.1. The Morgan fingerprint density at radius 3 is 2.61 bits per heavy atom. The summed E-state index contributed by atoms with van der Waals surface area (Å²) in [6.07, 6.45) is 2.50. The zero-order chi connectivity index (χ0) is 17.2. The van der Waals surface area contributed by atoms with Gasteiger partial charge in [0.15, 0.2) is 0 Å². The molecule has 0 spiro atoms. The second-order valence-corrected chi connectivity index (χ2v) is 6.66. The molecule has 0 fully saturated rings. The molecule has 0 aliphatic carbocycles. The third kappa shape index (κ3) is 6.99. The van der Waals surface area contributed by atoms with Gasteiger partial charge in [0.25, 0.3) is 5.91 Å². The fourth-order valence-corrected chi connectivity index (χ4v) is 2.81. The van der Waals surface area contributed by atoms with Gasteiger partial charge >= 0.3 is 0 Å². The lowest BCUT2D eigenvalue weighted by atomic mass is 10.1. The van der Waals surface area contributed by atoms with Crippen LogP contribution in [0, 0.1) is 0 Å². The molecule has 1 aromatic rings. The third-order valence-corrected chi connectivity index (χ3v) is 4.27. The lowest BCUT2D eigenvalue weighted by Crippen LogP contribution is -2.48. The highest BCUT2D eigenvalue weighted by molar-refractivity contribution is 7.98. The van der Waals surface area contributed by atoms with Crippen LogP contribution in [-0.2, 0) is 4.79 Å². The van der Waals surface area contributed by atoms with Gasteiger partial charge in [-0.15, -0.1) is 0 Å². The molecule has 0 aromatic heterocycles. The van der Waals surface area contributed by atoms with Crippen molar-refractivity contribution < 1.29 is 9.59 Å². The van der Waals surface area contributed by atoms with Crippen molar-refractivity contribution in [3.05, 3.63) is 33.8 Å². The number of carbonyl (C=O) groups excluding carboxylic acids is 2. The van der Waals surface area contributed by atoms with E-state index in [-0.39, 0.29) is 16.8 Å². The molecule has 0 saturated carbocycles.